The summed E-state index contributed by atoms with van der Waals surface area (Å²) in [6.07, 6.45) is 2.23. The molecule has 3 nitrogen and oxygen atoms in total. The lowest BCUT2D eigenvalue weighted by Gasteiger charge is -2.19. The molecule has 0 fully saturated rings. The van der Waals surface area contributed by atoms with Crippen LogP contribution in [0.1, 0.15) is 33.6 Å². The Morgan fingerprint density at radius 1 is 1.29 bits per heavy atom. The molecule has 2 N–H and O–H groups in total. The molecule has 0 radical (unpaired) electrons. The smallest absolute Gasteiger partial charge is 0.0697 e. The van der Waals surface area contributed by atoms with Crippen LogP contribution >= 0.6 is 0 Å². The second-order valence-corrected chi connectivity index (χ2v) is 3.82. The fourth-order valence-electron chi connectivity index (χ4n) is 1.23. The third kappa shape index (κ3) is 7.30. The van der Waals surface area contributed by atoms with Crippen molar-refractivity contribution in [3.8, 4) is 0 Å². The number of hydrogen-bond acceptors (Lipinski definition) is 3. The predicted octanol–water partition coefficient (Wildman–Crippen LogP) is 1.41. The summed E-state index contributed by atoms with van der Waals surface area (Å²) in [6, 6.07) is 0.581. The summed E-state index contributed by atoms with van der Waals surface area (Å²) in [5.74, 6) is 0.730. The Hall–Kier alpha value is -0.120. The second-order valence-electron chi connectivity index (χ2n) is 3.82. The summed E-state index contributed by atoms with van der Waals surface area (Å²) in [5, 5.41) is 11.9. The van der Waals surface area contributed by atoms with Crippen molar-refractivity contribution >= 4 is 0 Å². The normalized spacial score (nSPS) is 15.4. The molecule has 0 aromatic heterocycles. The molecule has 0 rings (SSSR count). The number of aliphatic hydroxyl groups is 1. The van der Waals surface area contributed by atoms with Gasteiger partial charge in [-0.15, -0.1) is 0 Å². The van der Waals surface area contributed by atoms with Gasteiger partial charge in [0.15, 0.2) is 0 Å². The van der Waals surface area contributed by atoms with Crippen molar-refractivity contribution in [1.29, 1.82) is 0 Å². The summed E-state index contributed by atoms with van der Waals surface area (Å²) in [4.78, 5) is 0. The highest BCUT2D eigenvalue weighted by molar-refractivity contribution is 4.66. The highest BCUT2D eigenvalue weighted by Crippen LogP contribution is 2.05. The maximum atomic E-state index is 8.48. The van der Waals surface area contributed by atoms with Gasteiger partial charge in [-0.2, -0.15) is 0 Å². The van der Waals surface area contributed by atoms with E-state index < -0.39 is 0 Å². The van der Waals surface area contributed by atoms with Crippen LogP contribution in [0.2, 0.25) is 0 Å². The maximum Gasteiger partial charge on any atom is 0.0697 e. The average Bonchev–Trinajstić information content (AvgIpc) is 2.21. The molecule has 14 heavy (non-hydrogen) atoms. The van der Waals surface area contributed by atoms with Crippen LogP contribution in [0, 0.1) is 5.92 Å². The number of hydrogen-bond donors (Lipinski definition) is 2. The predicted molar refractivity (Wildman–Crippen MR) is 59.4 cm³/mol. The Morgan fingerprint density at radius 3 is 2.57 bits per heavy atom. The molecule has 0 amide bonds. The number of nitrogens with one attached hydrogen (secondary N) is 1. The first-order valence-corrected chi connectivity index (χ1v) is 5.64. The molecule has 0 heterocycles. The van der Waals surface area contributed by atoms with Gasteiger partial charge in [-0.1, -0.05) is 20.3 Å². The molecule has 0 spiro atoms. The van der Waals surface area contributed by atoms with Gasteiger partial charge in [0.1, 0.15) is 0 Å². The molecule has 2 unspecified atom stereocenters. The third-order valence-electron chi connectivity index (χ3n) is 2.66. The molecule has 0 saturated heterocycles. The van der Waals surface area contributed by atoms with Gasteiger partial charge in [0.05, 0.1) is 13.2 Å². The van der Waals surface area contributed by atoms with Crippen molar-refractivity contribution in [3.63, 3.8) is 0 Å². The molecular formula is C11H25NO2. The van der Waals surface area contributed by atoms with E-state index in [0.717, 1.165) is 25.5 Å². The summed E-state index contributed by atoms with van der Waals surface area (Å²) in [7, 11) is 0. The molecule has 86 valence electrons. The molecule has 0 aliphatic heterocycles. The molecule has 0 saturated carbocycles. The van der Waals surface area contributed by atoms with Crippen molar-refractivity contribution < 1.29 is 9.84 Å². The zero-order valence-electron chi connectivity index (χ0n) is 9.75. The Labute approximate surface area is 87.8 Å². The summed E-state index contributed by atoms with van der Waals surface area (Å²) in [5.41, 5.74) is 0. The van der Waals surface area contributed by atoms with E-state index in [1.807, 2.05) is 0 Å². The Kier molecular flexibility index (Phi) is 9.35. The van der Waals surface area contributed by atoms with E-state index in [9.17, 15) is 0 Å². The van der Waals surface area contributed by atoms with Crippen LogP contribution in [0.3, 0.4) is 0 Å². The van der Waals surface area contributed by atoms with Gasteiger partial charge in [-0.05, 0) is 25.8 Å². The van der Waals surface area contributed by atoms with Gasteiger partial charge in [-0.3, -0.25) is 0 Å². The van der Waals surface area contributed by atoms with Crippen LogP contribution in [0.5, 0.6) is 0 Å². The SMILES string of the molecule is CCC(C)C(C)NCCCOCCO. The number of rotatable bonds is 9. The minimum absolute atomic E-state index is 0.122. The molecule has 3 heteroatoms. The van der Waals surface area contributed by atoms with E-state index in [4.69, 9.17) is 9.84 Å². The summed E-state index contributed by atoms with van der Waals surface area (Å²) in [6.45, 7) is 9.02. The average molecular weight is 203 g/mol. The van der Waals surface area contributed by atoms with Gasteiger partial charge in [0.25, 0.3) is 0 Å². The molecule has 2 atom stereocenters. The van der Waals surface area contributed by atoms with Crippen LogP contribution < -0.4 is 5.32 Å². The van der Waals surface area contributed by atoms with E-state index >= 15 is 0 Å². The van der Waals surface area contributed by atoms with Crippen molar-refractivity contribution in [2.45, 2.75) is 39.7 Å². The van der Waals surface area contributed by atoms with E-state index in [0.29, 0.717) is 12.6 Å². The van der Waals surface area contributed by atoms with Gasteiger partial charge in [0.2, 0.25) is 0 Å². The minimum Gasteiger partial charge on any atom is -0.394 e. The third-order valence-corrected chi connectivity index (χ3v) is 2.66. The monoisotopic (exact) mass is 203 g/mol. The highest BCUT2D eigenvalue weighted by Gasteiger charge is 2.07. The van der Waals surface area contributed by atoms with Crippen molar-refractivity contribution in [2.24, 2.45) is 5.92 Å². The fourth-order valence-corrected chi connectivity index (χ4v) is 1.23. The van der Waals surface area contributed by atoms with E-state index in [2.05, 4.69) is 26.1 Å². The quantitative estimate of drug-likeness (QED) is 0.557. The molecule has 0 aliphatic carbocycles. The maximum absolute atomic E-state index is 8.48. The minimum atomic E-state index is 0.122. The Morgan fingerprint density at radius 2 is 2.00 bits per heavy atom. The number of aliphatic hydroxyl groups excluding tert-OH is 1. The molecule has 0 aromatic carbocycles. The topological polar surface area (TPSA) is 41.5 Å². The van der Waals surface area contributed by atoms with Crippen molar-refractivity contribution in [3.05, 3.63) is 0 Å². The standard InChI is InChI=1S/C11H25NO2/c1-4-10(2)11(3)12-6-5-8-14-9-7-13/h10-13H,4-9H2,1-3H3. The second kappa shape index (κ2) is 9.44. The van der Waals surface area contributed by atoms with Crippen LogP contribution in [-0.2, 0) is 4.74 Å². The van der Waals surface area contributed by atoms with Gasteiger partial charge in [0, 0.05) is 12.6 Å². The fraction of sp³-hybridized carbons (Fsp3) is 1.00. The van der Waals surface area contributed by atoms with Crippen LogP contribution in [0.4, 0.5) is 0 Å². The molecule has 0 bridgehead atoms. The first-order valence-electron chi connectivity index (χ1n) is 5.64. The van der Waals surface area contributed by atoms with Crippen molar-refractivity contribution in [2.75, 3.05) is 26.4 Å². The lowest BCUT2D eigenvalue weighted by atomic mass is 10.0. The molecule has 0 aliphatic rings. The Balaban J connectivity index is 3.18. The van der Waals surface area contributed by atoms with Gasteiger partial charge >= 0.3 is 0 Å². The zero-order chi connectivity index (χ0) is 10.8. The molecule has 0 aromatic rings. The largest absolute Gasteiger partial charge is 0.394 e. The van der Waals surface area contributed by atoms with Crippen LogP contribution in [0.15, 0.2) is 0 Å². The van der Waals surface area contributed by atoms with Gasteiger partial charge < -0.3 is 15.2 Å². The lowest BCUT2D eigenvalue weighted by Crippen LogP contribution is -2.33. The summed E-state index contributed by atoms with van der Waals surface area (Å²) < 4.78 is 5.16. The first kappa shape index (κ1) is 13.9. The van der Waals surface area contributed by atoms with E-state index in [1.165, 1.54) is 6.42 Å². The van der Waals surface area contributed by atoms with E-state index in [1.54, 1.807) is 0 Å². The lowest BCUT2D eigenvalue weighted by molar-refractivity contribution is 0.0902. The highest BCUT2D eigenvalue weighted by atomic mass is 16.5. The van der Waals surface area contributed by atoms with Crippen LogP contribution in [-0.4, -0.2) is 37.5 Å². The summed E-state index contributed by atoms with van der Waals surface area (Å²) >= 11 is 0. The van der Waals surface area contributed by atoms with E-state index in [-0.39, 0.29) is 6.61 Å². The zero-order valence-corrected chi connectivity index (χ0v) is 9.75. The van der Waals surface area contributed by atoms with Crippen LogP contribution in [0.25, 0.3) is 0 Å². The Bertz CT molecular complexity index is 120. The molecular weight excluding hydrogens is 178 g/mol. The number of ether oxygens (including phenoxy) is 1. The first-order chi connectivity index (χ1) is 6.72. The van der Waals surface area contributed by atoms with Crippen molar-refractivity contribution in [1.82, 2.24) is 5.32 Å². The van der Waals surface area contributed by atoms with Gasteiger partial charge in [-0.25, -0.2) is 0 Å².